The number of hydrogen-bond acceptors (Lipinski definition) is 3. The summed E-state index contributed by atoms with van der Waals surface area (Å²) in [7, 11) is 1.44. The molecule has 18 heavy (non-hydrogen) atoms. The van der Waals surface area contributed by atoms with Crippen LogP contribution in [-0.4, -0.2) is 24.2 Å². The molecular weight excluding hydrogens is 232 g/mol. The van der Waals surface area contributed by atoms with Crippen LogP contribution in [0.1, 0.15) is 32.1 Å². The summed E-state index contributed by atoms with van der Waals surface area (Å²) in [5, 5.41) is 9.06. The first kappa shape index (κ1) is 12.0. The summed E-state index contributed by atoms with van der Waals surface area (Å²) in [6.07, 6.45) is 4.61. The Bertz CT molecular complexity index is 378. The van der Waals surface area contributed by atoms with Gasteiger partial charge >= 0.3 is 11.9 Å². The largest absolute Gasteiger partial charge is 0.481 e. The first-order valence-corrected chi connectivity index (χ1v) is 6.89. The molecule has 0 saturated heterocycles. The molecule has 6 atom stereocenters. The van der Waals surface area contributed by atoms with E-state index in [2.05, 4.69) is 0 Å². The van der Waals surface area contributed by atoms with Crippen LogP contribution in [0.2, 0.25) is 0 Å². The van der Waals surface area contributed by atoms with E-state index < -0.39 is 5.97 Å². The van der Waals surface area contributed by atoms with Crippen molar-refractivity contribution < 1.29 is 19.4 Å². The van der Waals surface area contributed by atoms with E-state index in [1.54, 1.807) is 0 Å². The molecule has 0 aromatic carbocycles. The van der Waals surface area contributed by atoms with E-state index in [-0.39, 0.29) is 30.1 Å². The third-order valence-electron chi connectivity index (χ3n) is 5.49. The van der Waals surface area contributed by atoms with Crippen molar-refractivity contribution >= 4 is 11.9 Å². The number of carbonyl (C=O) groups excluding carboxylic acids is 1. The number of methoxy groups -OCH3 is 1. The zero-order valence-corrected chi connectivity index (χ0v) is 10.7. The molecule has 4 fully saturated rings. The molecule has 6 unspecified atom stereocenters. The highest BCUT2D eigenvalue weighted by atomic mass is 16.5. The minimum atomic E-state index is -0.726. The Morgan fingerprint density at radius 2 is 1.89 bits per heavy atom. The maximum absolute atomic E-state index is 12.0. The van der Waals surface area contributed by atoms with E-state index in [9.17, 15) is 9.59 Å². The van der Waals surface area contributed by atoms with Gasteiger partial charge in [-0.05, 0) is 55.3 Å². The molecule has 4 bridgehead atoms. The lowest BCUT2D eigenvalue weighted by Gasteiger charge is -2.57. The van der Waals surface area contributed by atoms with E-state index in [0.717, 1.165) is 25.2 Å². The number of esters is 1. The van der Waals surface area contributed by atoms with Crippen molar-refractivity contribution in [1.29, 1.82) is 0 Å². The summed E-state index contributed by atoms with van der Waals surface area (Å²) in [6.45, 7) is 0. The second-order valence-electron chi connectivity index (χ2n) is 6.30. The summed E-state index contributed by atoms with van der Waals surface area (Å²) in [4.78, 5) is 23.0. The monoisotopic (exact) mass is 252 g/mol. The fraction of sp³-hybridized carbons (Fsp3) is 0.857. The molecule has 4 nitrogen and oxygen atoms in total. The minimum absolute atomic E-state index is 0.0350. The predicted octanol–water partition coefficient (Wildman–Crippen LogP) is 1.93. The number of hydrogen-bond donors (Lipinski definition) is 1. The van der Waals surface area contributed by atoms with E-state index in [1.807, 2.05) is 0 Å². The zero-order chi connectivity index (χ0) is 12.9. The molecule has 4 aliphatic carbocycles. The molecule has 0 amide bonds. The highest BCUT2D eigenvalue weighted by Gasteiger charge is 2.56. The fourth-order valence-corrected chi connectivity index (χ4v) is 5.06. The lowest BCUT2D eigenvalue weighted by atomic mass is 9.47. The minimum Gasteiger partial charge on any atom is -0.481 e. The summed E-state index contributed by atoms with van der Waals surface area (Å²) in [5.74, 6) is 1.28. The molecule has 0 aromatic heterocycles. The number of carboxylic acids is 1. The van der Waals surface area contributed by atoms with Gasteiger partial charge in [0.05, 0.1) is 13.0 Å². The van der Waals surface area contributed by atoms with Crippen molar-refractivity contribution in [1.82, 2.24) is 0 Å². The van der Waals surface area contributed by atoms with Gasteiger partial charge in [-0.1, -0.05) is 0 Å². The van der Waals surface area contributed by atoms with Crippen LogP contribution in [0, 0.1) is 35.5 Å². The van der Waals surface area contributed by atoms with Gasteiger partial charge in [-0.3, -0.25) is 9.59 Å². The van der Waals surface area contributed by atoms with Crippen molar-refractivity contribution in [2.75, 3.05) is 7.11 Å². The number of carboxylic acid groups (broad SMARTS) is 1. The summed E-state index contributed by atoms with van der Waals surface area (Å²) >= 11 is 0. The van der Waals surface area contributed by atoms with Gasteiger partial charge < -0.3 is 9.84 Å². The molecule has 1 N–H and O–H groups in total. The van der Waals surface area contributed by atoms with Gasteiger partial charge in [0.1, 0.15) is 0 Å². The fourth-order valence-electron chi connectivity index (χ4n) is 5.06. The van der Waals surface area contributed by atoms with Crippen LogP contribution in [0.5, 0.6) is 0 Å². The highest BCUT2D eigenvalue weighted by molar-refractivity contribution is 5.74. The third-order valence-corrected chi connectivity index (χ3v) is 5.49. The quantitative estimate of drug-likeness (QED) is 0.779. The summed E-state index contributed by atoms with van der Waals surface area (Å²) < 4.78 is 4.94. The van der Waals surface area contributed by atoms with Crippen LogP contribution < -0.4 is 0 Å². The van der Waals surface area contributed by atoms with Gasteiger partial charge in [0.15, 0.2) is 0 Å². The molecule has 4 heteroatoms. The SMILES string of the molecule is COC(=O)C1C2CC3CC(C2)C(CC(=O)O)C1C3. The number of ether oxygens (including phenoxy) is 1. The van der Waals surface area contributed by atoms with Crippen molar-refractivity contribution in [3.8, 4) is 0 Å². The van der Waals surface area contributed by atoms with Gasteiger partial charge in [-0.15, -0.1) is 0 Å². The van der Waals surface area contributed by atoms with Crippen LogP contribution in [0.4, 0.5) is 0 Å². The lowest BCUT2D eigenvalue weighted by molar-refractivity contribution is -0.169. The van der Waals surface area contributed by atoms with Crippen LogP contribution in [0.15, 0.2) is 0 Å². The second-order valence-corrected chi connectivity index (χ2v) is 6.30. The molecule has 0 spiro atoms. The van der Waals surface area contributed by atoms with E-state index in [1.165, 1.54) is 13.5 Å². The van der Waals surface area contributed by atoms with E-state index >= 15 is 0 Å². The molecule has 0 aromatic rings. The van der Waals surface area contributed by atoms with Crippen LogP contribution in [0.3, 0.4) is 0 Å². The first-order valence-electron chi connectivity index (χ1n) is 6.89. The first-order chi connectivity index (χ1) is 8.60. The van der Waals surface area contributed by atoms with Crippen LogP contribution in [0.25, 0.3) is 0 Å². The van der Waals surface area contributed by atoms with E-state index in [4.69, 9.17) is 9.84 Å². The van der Waals surface area contributed by atoms with Gasteiger partial charge in [0, 0.05) is 6.42 Å². The summed E-state index contributed by atoms with van der Waals surface area (Å²) in [5.41, 5.74) is 0. The van der Waals surface area contributed by atoms with Crippen molar-refractivity contribution in [3.05, 3.63) is 0 Å². The maximum Gasteiger partial charge on any atom is 0.309 e. The average molecular weight is 252 g/mol. The average Bonchev–Trinajstić information content (AvgIpc) is 2.32. The van der Waals surface area contributed by atoms with Crippen molar-refractivity contribution in [3.63, 3.8) is 0 Å². The molecule has 100 valence electrons. The maximum atomic E-state index is 12.0. The summed E-state index contributed by atoms with van der Waals surface area (Å²) in [6, 6.07) is 0. The lowest BCUT2D eigenvalue weighted by Crippen LogP contribution is -2.53. The smallest absolute Gasteiger partial charge is 0.309 e. The van der Waals surface area contributed by atoms with Crippen molar-refractivity contribution in [2.45, 2.75) is 32.1 Å². The molecule has 0 aliphatic heterocycles. The Morgan fingerprint density at radius 3 is 2.56 bits per heavy atom. The molecular formula is C14H20O4. The van der Waals surface area contributed by atoms with Gasteiger partial charge in [0.2, 0.25) is 0 Å². The predicted molar refractivity (Wildman–Crippen MR) is 63.7 cm³/mol. The Kier molecular flexibility index (Phi) is 2.83. The van der Waals surface area contributed by atoms with E-state index in [0.29, 0.717) is 11.8 Å². The molecule has 4 saturated carbocycles. The molecule has 4 rings (SSSR count). The Labute approximate surface area is 107 Å². The number of rotatable bonds is 3. The van der Waals surface area contributed by atoms with Crippen LogP contribution >= 0.6 is 0 Å². The Hall–Kier alpha value is -1.06. The van der Waals surface area contributed by atoms with Crippen molar-refractivity contribution in [2.24, 2.45) is 35.5 Å². The van der Waals surface area contributed by atoms with Gasteiger partial charge in [0.25, 0.3) is 0 Å². The normalized spacial score (nSPS) is 44.9. The van der Waals surface area contributed by atoms with Gasteiger partial charge in [-0.2, -0.15) is 0 Å². The Balaban J connectivity index is 1.86. The van der Waals surface area contributed by atoms with Crippen LogP contribution in [-0.2, 0) is 14.3 Å². The number of carbonyl (C=O) groups is 2. The third kappa shape index (κ3) is 1.73. The highest BCUT2D eigenvalue weighted by Crippen LogP contribution is 2.60. The number of aliphatic carboxylic acids is 1. The zero-order valence-electron chi connectivity index (χ0n) is 10.7. The molecule has 0 heterocycles. The Morgan fingerprint density at radius 1 is 1.17 bits per heavy atom. The standard InChI is InChI=1S/C14H20O4/c1-18-14(17)13-9-3-7-2-8(5-9)10(6-12(15)16)11(13)4-7/h7-11,13H,2-6H2,1H3,(H,15,16). The topological polar surface area (TPSA) is 63.6 Å². The van der Waals surface area contributed by atoms with Gasteiger partial charge in [-0.25, -0.2) is 0 Å². The molecule has 0 radical (unpaired) electrons. The second kappa shape index (κ2) is 4.25. The molecule has 4 aliphatic rings.